The van der Waals surface area contributed by atoms with Crippen molar-refractivity contribution in [2.24, 2.45) is 0 Å². The second-order valence-electron chi connectivity index (χ2n) is 5.12. The quantitative estimate of drug-likeness (QED) is 0.760. The standard InChI is InChI=1S/C17H15FN2O/c1-10-4-3-5-12(8-10)15-16(21-20-17(15)19)13-9-11(2)6-7-14(13)18/h3-9H,1-2H3,(H2,19,20). The largest absolute Gasteiger partial charge is 0.380 e. The molecule has 3 aromatic rings. The number of hydrogen-bond donors (Lipinski definition) is 1. The van der Waals surface area contributed by atoms with Crippen molar-refractivity contribution in [1.29, 1.82) is 0 Å². The third-order valence-electron chi connectivity index (χ3n) is 3.39. The summed E-state index contributed by atoms with van der Waals surface area (Å²) in [6.45, 7) is 3.88. The Balaban J connectivity index is 2.24. The summed E-state index contributed by atoms with van der Waals surface area (Å²) in [4.78, 5) is 0. The predicted octanol–water partition coefficient (Wildman–Crippen LogP) is 4.35. The van der Waals surface area contributed by atoms with Crippen LogP contribution < -0.4 is 5.73 Å². The zero-order chi connectivity index (χ0) is 15.0. The van der Waals surface area contributed by atoms with Gasteiger partial charge in [0.1, 0.15) is 5.82 Å². The zero-order valence-electron chi connectivity index (χ0n) is 11.9. The molecule has 4 heteroatoms. The van der Waals surface area contributed by atoms with Crippen molar-refractivity contribution in [3.63, 3.8) is 0 Å². The fourth-order valence-corrected chi connectivity index (χ4v) is 2.38. The molecule has 106 valence electrons. The summed E-state index contributed by atoms with van der Waals surface area (Å²) in [5.41, 5.74) is 9.81. The minimum absolute atomic E-state index is 0.261. The minimum atomic E-state index is -0.356. The van der Waals surface area contributed by atoms with Gasteiger partial charge in [-0.3, -0.25) is 0 Å². The Morgan fingerprint density at radius 3 is 2.57 bits per heavy atom. The number of benzene rings is 2. The lowest BCUT2D eigenvalue weighted by Gasteiger charge is -2.06. The van der Waals surface area contributed by atoms with Crippen LogP contribution in [0.15, 0.2) is 47.0 Å². The van der Waals surface area contributed by atoms with Crippen LogP contribution in [0, 0.1) is 19.7 Å². The molecule has 0 unspecified atom stereocenters. The number of nitrogen functional groups attached to an aromatic ring is 1. The Morgan fingerprint density at radius 2 is 1.81 bits per heavy atom. The Kier molecular flexibility index (Phi) is 3.22. The van der Waals surface area contributed by atoms with Crippen molar-refractivity contribution in [1.82, 2.24) is 5.16 Å². The topological polar surface area (TPSA) is 52.0 Å². The number of hydrogen-bond acceptors (Lipinski definition) is 3. The van der Waals surface area contributed by atoms with E-state index in [2.05, 4.69) is 5.16 Å². The van der Waals surface area contributed by atoms with Gasteiger partial charge in [-0.1, -0.05) is 46.6 Å². The molecule has 0 amide bonds. The summed E-state index contributed by atoms with van der Waals surface area (Å²) >= 11 is 0. The van der Waals surface area contributed by atoms with E-state index in [0.29, 0.717) is 16.9 Å². The molecular formula is C17H15FN2O. The molecule has 0 saturated carbocycles. The molecule has 0 aliphatic rings. The van der Waals surface area contributed by atoms with E-state index < -0.39 is 0 Å². The van der Waals surface area contributed by atoms with Gasteiger partial charge in [-0.25, -0.2) is 4.39 Å². The maximum atomic E-state index is 14.1. The summed E-state index contributed by atoms with van der Waals surface area (Å²) in [7, 11) is 0. The Bertz CT molecular complexity index is 808. The van der Waals surface area contributed by atoms with Gasteiger partial charge < -0.3 is 10.3 Å². The predicted molar refractivity (Wildman–Crippen MR) is 81.2 cm³/mol. The van der Waals surface area contributed by atoms with Crippen LogP contribution in [0.2, 0.25) is 0 Å². The highest BCUT2D eigenvalue weighted by Crippen LogP contribution is 2.38. The first-order valence-electron chi connectivity index (χ1n) is 6.65. The van der Waals surface area contributed by atoms with Crippen molar-refractivity contribution in [2.45, 2.75) is 13.8 Å². The van der Waals surface area contributed by atoms with Crippen LogP contribution in [0.25, 0.3) is 22.5 Å². The molecule has 21 heavy (non-hydrogen) atoms. The van der Waals surface area contributed by atoms with Crippen molar-refractivity contribution in [2.75, 3.05) is 5.73 Å². The van der Waals surface area contributed by atoms with Crippen molar-refractivity contribution in [3.8, 4) is 22.5 Å². The van der Waals surface area contributed by atoms with Crippen LogP contribution in [0.4, 0.5) is 10.2 Å². The molecule has 3 nitrogen and oxygen atoms in total. The molecule has 0 saturated heterocycles. The van der Waals surface area contributed by atoms with E-state index in [9.17, 15) is 4.39 Å². The number of halogens is 1. The molecule has 1 aromatic heterocycles. The zero-order valence-corrected chi connectivity index (χ0v) is 11.9. The summed E-state index contributed by atoms with van der Waals surface area (Å²) < 4.78 is 19.4. The first-order chi connectivity index (χ1) is 10.1. The third-order valence-corrected chi connectivity index (χ3v) is 3.39. The second-order valence-corrected chi connectivity index (χ2v) is 5.12. The summed E-state index contributed by atoms with van der Waals surface area (Å²) in [5, 5.41) is 3.81. The van der Waals surface area contributed by atoms with Gasteiger partial charge in [-0.15, -0.1) is 0 Å². The Hall–Kier alpha value is -2.62. The average molecular weight is 282 g/mol. The number of rotatable bonds is 2. The Labute approximate surface area is 122 Å². The second kappa shape index (κ2) is 5.05. The van der Waals surface area contributed by atoms with E-state index in [1.165, 1.54) is 6.07 Å². The molecule has 0 aliphatic heterocycles. The molecule has 0 spiro atoms. The molecule has 0 bridgehead atoms. The summed E-state index contributed by atoms with van der Waals surface area (Å²) in [6.07, 6.45) is 0. The number of aromatic nitrogens is 1. The van der Waals surface area contributed by atoms with Crippen molar-refractivity contribution < 1.29 is 8.91 Å². The van der Waals surface area contributed by atoms with E-state index in [-0.39, 0.29) is 11.6 Å². The lowest BCUT2D eigenvalue weighted by molar-refractivity contribution is 0.433. The SMILES string of the molecule is Cc1cccc(-c2c(N)noc2-c2cc(C)ccc2F)c1. The van der Waals surface area contributed by atoms with Crippen LogP contribution in [0.1, 0.15) is 11.1 Å². The molecule has 0 atom stereocenters. The first-order valence-corrected chi connectivity index (χ1v) is 6.65. The lowest BCUT2D eigenvalue weighted by Crippen LogP contribution is -1.91. The summed E-state index contributed by atoms with van der Waals surface area (Å²) in [6, 6.07) is 12.7. The Morgan fingerprint density at radius 1 is 1.05 bits per heavy atom. The molecule has 1 heterocycles. The number of nitrogens with two attached hydrogens (primary N) is 1. The van der Waals surface area contributed by atoms with E-state index in [0.717, 1.165) is 16.7 Å². The highest BCUT2D eigenvalue weighted by atomic mass is 19.1. The first kappa shape index (κ1) is 13.4. The number of anilines is 1. The average Bonchev–Trinajstić information content (AvgIpc) is 2.83. The van der Waals surface area contributed by atoms with Crippen LogP contribution in [-0.2, 0) is 0 Å². The normalized spacial score (nSPS) is 10.8. The van der Waals surface area contributed by atoms with Crippen molar-refractivity contribution >= 4 is 5.82 Å². The van der Waals surface area contributed by atoms with Crippen LogP contribution in [-0.4, -0.2) is 5.16 Å². The molecule has 2 aromatic carbocycles. The molecule has 3 rings (SSSR count). The molecule has 2 N–H and O–H groups in total. The number of aryl methyl sites for hydroxylation is 2. The molecule has 0 aliphatic carbocycles. The van der Waals surface area contributed by atoms with Crippen molar-refractivity contribution in [3.05, 3.63) is 59.4 Å². The smallest absolute Gasteiger partial charge is 0.179 e. The lowest BCUT2D eigenvalue weighted by atomic mass is 9.99. The minimum Gasteiger partial charge on any atom is -0.380 e. The highest BCUT2D eigenvalue weighted by molar-refractivity contribution is 5.87. The van der Waals surface area contributed by atoms with Crippen LogP contribution in [0.3, 0.4) is 0 Å². The van der Waals surface area contributed by atoms with Gasteiger partial charge in [-0.2, -0.15) is 0 Å². The maximum Gasteiger partial charge on any atom is 0.179 e. The van der Waals surface area contributed by atoms with Gasteiger partial charge >= 0.3 is 0 Å². The van der Waals surface area contributed by atoms with Gasteiger partial charge in [0.05, 0.1) is 11.1 Å². The van der Waals surface area contributed by atoms with E-state index in [4.69, 9.17) is 10.3 Å². The van der Waals surface area contributed by atoms with Crippen LogP contribution in [0.5, 0.6) is 0 Å². The summed E-state index contributed by atoms with van der Waals surface area (Å²) in [5.74, 6) is 0.265. The maximum absolute atomic E-state index is 14.1. The monoisotopic (exact) mass is 282 g/mol. The third kappa shape index (κ3) is 2.40. The van der Waals surface area contributed by atoms with E-state index >= 15 is 0 Å². The highest BCUT2D eigenvalue weighted by Gasteiger charge is 2.20. The molecular weight excluding hydrogens is 267 g/mol. The van der Waals surface area contributed by atoms with Gasteiger partial charge in [0.25, 0.3) is 0 Å². The fourth-order valence-electron chi connectivity index (χ4n) is 2.38. The number of nitrogens with zero attached hydrogens (tertiary/aromatic N) is 1. The van der Waals surface area contributed by atoms with Crippen LogP contribution >= 0.6 is 0 Å². The van der Waals surface area contributed by atoms with Gasteiger partial charge in [0.15, 0.2) is 11.6 Å². The molecule has 0 radical (unpaired) electrons. The van der Waals surface area contributed by atoms with Gasteiger partial charge in [0.2, 0.25) is 0 Å². The fraction of sp³-hybridized carbons (Fsp3) is 0.118. The van der Waals surface area contributed by atoms with Gasteiger partial charge in [-0.05, 0) is 31.5 Å². The molecule has 0 fully saturated rings. The van der Waals surface area contributed by atoms with E-state index in [1.54, 1.807) is 12.1 Å². The van der Waals surface area contributed by atoms with Gasteiger partial charge in [0, 0.05) is 0 Å². The van der Waals surface area contributed by atoms with E-state index in [1.807, 2.05) is 38.1 Å².